The predicted octanol–water partition coefficient (Wildman–Crippen LogP) is 3.33. The lowest BCUT2D eigenvalue weighted by Crippen LogP contribution is -2.33. The van der Waals surface area contributed by atoms with E-state index in [0.29, 0.717) is 0 Å². The van der Waals surface area contributed by atoms with Gasteiger partial charge in [-0.05, 0) is 37.4 Å². The Labute approximate surface area is 121 Å². The molecule has 2 heteroatoms. The van der Waals surface area contributed by atoms with Crippen molar-refractivity contribution < 1.29 is 5.11 Å². The summed E-state index contributed by atoms with van der Waals surface area (Å²) in [5, 5.41) is 13.6. The number of hydrogen-bond donors (Lipinski definition) is 2. The van der Waals surface area contributed by atoms with Gasteiger partial charge in [-0.15, -0.1) is 0 Å². The lowest BCUT2D eigenvalue weighted by atomic mass is 10.0. The van der Waals surface area contributed by atoms with Crippen LogP contribution in [-0.2, 0) is 6.42 Å². The van der Waals surface area contributed by atoms with Crippen molar-refractivity contribution in [2.24, 2.45) is 0 Å². The highest BCUT2D eigenvalue weighted by Gasteiger charge is 2.14. The second-order valence-electron chi connectivity index (χ2n) is 5.19. The third-order valence-electron chi connectivity index (χ3n) is 3.57. The molecule has 20 heavy (non-hydrogen) atoms. The number of benzene rings is 2. The van der Waals surface area contributed by atoms with Crippen molar-refractivity contribution in [3.63, 3.8) is 0 Å². The van der Waals surface area contributed by atoms with Gasteiger partial charge in [0, 0.05) is 6.04 Å². The molecule has 0 saturated carbocycles. The van der Waals surface area contributed by atoms with Crippen molar-refractivity contribution in [1.29, 1.82) is 0 Å². The average molecular weight is 269 g/mol. The first-order valence-electron chi connectivity index (χ1n) is 7.27. The summed E-state index contributed by atoms with van der Waals surface area (Å²) in [5.74, 6) is 0. The molecule has 0 radical (unpaired) electrons. The standard InChI is InChI=1S/C18H23NO/c1-15(18(20)17-12-6-3-7-13-17)19-14-8-11-16-9-4-2-5-10-16/h2-7,9-10,12-13,15,18-20H,8,11,14H2,1H3. The zero-order chi connectivity index (χ0) is 14.2. The Hall–Kier alpha value is -1.64. The Balaban J connectivity index is 1.71. The van der Waals surface area contributed by atoms with Crippen LogP contribution in [0, 0.1) is 0 Å². The van der Waals surface area contributed by atoms with Crippen molar-refractivity contribution in [2.75, 3.05) is 6.54 Å². The van der Waals surface area contributed by atoms with Gasteiger partial charge < -0.3 is 10.4 Å². The molecule has 2 aromatic rings. The molecule has 0 fully saturated rings. The zero-order valence-corrected chi connectivity index (χ0v) is 12.0. The third kappa shape index (κ3) is 4.48. The predicted molar refractivity (Wildman–Crippen MR) is 83.6 cm³/mol. The van der Waals surface area contributed by atoms with Gasteiger partial charge in [0.1, 0.15) is 0 Å². The van der Waals surface area contributed by atoms with Crippen LogP contribution in [-0.4, -0.2) is 17.7 Å². The summed E-state index contributed by atoms with van der Waals surface area (Å²) in [6.07, 6.45) is 1.70. The van der Waals surface area contributed by atoms with Crippen LogP contribution in [0.3, 0.4) is 0 Å². The van der Waals surface area contributed by atoms with Crippen molar-refractivity contribution in [3.05, 3.63) is 71.8 Å². The molecule has 106 valence electrons. The van der Waals surface area contributed by atoms with E-state index < -0.39 is 6.10 Å². The lowest BCUT2D eigenvalue weighted by Gasteiger charge is -2.20. The van der Waals surface area contributed by atoms with Crippen molar-refractivity contribution >= 4 is 0 Å². The van der Waals surface area contributed by atoms with Crippen LogP contribution in [0.5, 0.6) is 0 Å². The molecule has 2 unspecified atom stereocenters. The normalized spacial score (nSPS) is 13.9. The summed E-state index contributed by atoms with van der Waals surface area (Å²) in [6.45, 7) is 2.94. The summed E-state index contributed by atoms with van der Waals surface area (Å²) in [5.41, 5.74) is 2.33. The number of nitrogens with one attached hydrogen (secondary N) is 1. The van der Waals surface area contributed by atoms with Crippen LogP contribution in [0.1, 0.15) is 30.6 Å². The van der Waals surface area contributed by atoms with Gasteiger partial charge in [-0.3, -0.25) is 0 Å². The Morgan fingerprint density at radius 1 is 0.950 bits per heavy atom. The molecule has 2 rings (SSSR count). The highest BCUT2D eigenvalue weighted by Crippen LogP contribution is 2.15. The fraction of sp³-hybridized carbons (Fsp3) is 0.333. The van der Waals surface area contributed by atoms with Gasteiger partial charge in [0.25, 0.3) is 0 Å². The van der Waals surface area contributed by atoms with Crippen LogP contribution in [0.25, 0.3) is 0 Å². The molecule has 2 atom stereocenters. The van der Waals surface area contributed by atoms with Gasteiger partial charge in [-0.1, -0.05) is 60.7 Å². The van der Waals surface area contributed by atoms with Crippen LogP contribution in [0.4, 0.5) is 0 Å². The Kier molecular flexibility index (Phi) is 5.78. The number of rotatable bonds is 7. The monoisotopic (exact) mass is 269 g/mol. The van der Waals surface area contributed by atoms with E-state index in [9.17, 15) is 5.11 Å². The highest BCUT2D eigenvalue weighted by atomic mass is 16.3. The molecular formula is C18H23NO. The molecule has 0 aliphatic carbocycles. The zero-order valence-electron chi connectivity index (χ0n) is 12.0. The maximum Gasteiger partial charge on any atom is 0.0940 e. The number of aliphatic hydroxyl groups excluding tert-OH is 1. The largest absolute Gasteiger partial charge is 0.387 e. The maximum atomic E-state index is 10.2. The van der Waals surface area contributed by atoms with Crippen molar-refractivity contribution in [2.45, 2.75) is 31.9 Å². The average Bonchev–Trinajstić information content (AvgIpc) is 2.52. The van der Waals surface area contributed by atoms with Gasteiger partial charge >= 0.3 is 0 Å². The Morgan fingerprint density at radius 3 is 2.20 bits per heavy atom. The Bertz CT molecular complexity index is 483. The van der Waals surface area contributed by atoms with Gasteiger partial charge in [0.2, 0.25) is 0 Å². The fourth-order valence-corrected chi connectivity index (χ4v) is 2.32. The van der Waals surface area contributed by atoms with Gasteiger partial charge in [0.15, 0.2) is 0 Å². The van der Waals surface area contributed by atoms with E-state index >= 15 is 0 Å². The topological polar surface area (TPSA) is 32.3 Å². The van der Waals surface area contributed by atoms with Gasteiger partial charge in [0.05, 0.1) is 6.10 Å². The van der Waals surface area contributed by atoms with Crippen LogP contribution in [0.2, 0.25) is 0 Å². The molecule has 2 aromatic carbocycles. The van der Waals surface area contributed by atoms with Gasteiger partial charge in [-0.25, -0.2) is 0 Å². The summed E-state index contributed by atoms with van der Waals surface area (Å²) in [7, 11) is 0. The molecule has 0 bridgehead atoms. The van der Waals surface area contributed by atoms with E-state index in [-0.39, 0.29) is 6.04 Å². The number of hydrogen-bond acceptors (Lipinski definition) is 2. The van der Waals surface area contributed by atoms with Crippen LogP contribution < -0.4 is 5.32 Å². The minimum absolute atomic E-state index is 0.0631. The van der Waals surface area contributed by atoms with Crippen molar-refractivity contribution in [3.8, 4) is 0 Å². The van der Waals surface area contributed by atoms with E-state index in [1.165, 1.54) is 5.56 Å². The van der Waals surface area contributed by atoms with E-state index in [4.69, 9.17) is 0 Å². The van der Waals surface area contributed by atoms with E-state index in [1.54, 1.807) is 0 Å². The summed E-state index contributed by atoms with van der Waals surface area (Å²) in [4.78, 5) is 0. The molecule has 0 amide bonds. The lowest BCUT2D eigenvalue weighted by molar-refractivity contribution is 0.136. The van der Waals surface area contributed by atoms with E-state index in [1.807, 2.05) is 43.3 Å². The second-order valence-corrected chi connectivity index (χ2v) is 5.19. The van der Waals surface area contributed by atoms with Crippen molar-refractivity contribution in [1.82, 2.24) is 5.32 Å². The first-order chi connectivity index (χ1) is 9.77. The minimum Gasteiger partial charge on any atom is -0.387 e. The molecule has 0 aliphatic heterocycles. The summed E-state index contributed by atoms with van der Waals surface area (Å²) >= 11 is 0. The molecule has 0 saturated heterocycles. The molecular weight excluding hydrogens is 246 g/mol. The smallest absolute Gasteiger partial charge is 0.0940 e. The second kappa shape index (κ2) is 7.83. The fourth-order valence-electron chi connectivity index (χ4n) is 2.32. The SMILES string of the molecule is CC(NCCCc1ccccc1)C(O)c1ccccc1. The molecule has 0 heterocycles. The van der Waals surface area contributed by atoms with Gasteiger partial charge in [-0.2, -0.15) is 0 Å². The van der Waals surface area contributed by atoms with E-state index in [0.717, 1.165) is 24.9 Å². The summed E-state index contributed by atoms with van der Waals surface area (Å²) in [6, 6.07) is 20.4. The minimum atomic E-state index is -0.451. The highest BCUT2D eigenvalue weighted by molar-refractivity contribution is 5.18. The quantitative estimate of drug-likeness (QED) is 0.756. The first-order valence-corrected chi connectivity index (χ1v) is 7.27. The van der Waals surface area contributed by atoms with E-state index in [2.05, 4.69) is 29.6 Å². The van der Waals surface area contributed by atoms with Crippen LogP contribution in [0.15, 0.2) is 60.7 Å². The maximum absolute atomic E-state index is 10.2. The number of aryl methyl sites for hydroxylation is 1. The number of aliphatic hydroxyl groups is 1. The summed E-state index contributed by atoms with van der Waals surface area (Å²) < 4.78 is 0. The van der Waals surface area contributed by atoms with Crippen LogP contribution >= 0.6 is 0 Å². The third-order valence-corrected chi connectivity index (χ3v) is 3.57. The Morgan fingerprint density at radius 2 is 1.55 bits per heavy atom. The first kappa shape index (κ1) is 14.8. The molecule has 2 nitrogen and oxygen atoms in total. The molecule has 2 N–H and O–H groups in total. The molecule has 0 aromatic heterocycles. The molecule has 0 spiro atoms. The molecule has 0 aliphatic rings.